The maximum absolute atomic E-state index is 10.0. The number of nitrogens with two attached hydrogens (primary N) is 1. The van der Waals surface area contributed by atoms with Crippen molar-refractivity contribution in [1.82, 2.24) is 10.6 Å². The Morgan fingerprint density at radius 3 is 1.57 bits per heavy atom. The van der Waals surface area contributed by atoms with Gasteiger partial charge in [-0.05, 0) is 20.8 Å². The van der Waals surface area contributed by atoms with Gasteiger partial charge in [-0.3, -0.25) is 0 Å². The lowest BCUT2D eigenvalue weighted by Crippen LogP contribution is -2.39. The van der Waals surface area contributed by atoms with E-state index in [1.54, 1.807) is 20.8 Å². The Balaban J connectivity index is 0.000000249. The summed E-state index contributed by atoms with van der Waals surface area (Å²) in [5.41, 5.74) is 4.26. The van der Waals surface area contributed by atoms with Crippen molar-refractivity contribution in [2.24, 2.45) is 5.73 Å². The molecule has 0 aromatic carbocycles. The first kappa shape index (κ1) is 13.2. The molecule has 0 radical (unpaired) electrons. The van der Waals surface area contributed by atoms with Crippen LogP contribution in [-0.4, -0.2) is 37.9 Å². The number of carbonyl (C=O) groups excluding carboxylic acids is 1. The summed E-state index contributed by atoms with van der Waals surface area (Å²) in [6.07, 6.45) is -0.725. The van der Waals surface area contributed by atoms with Gasteiger partial charge in [-0.15, -0.1) is 0 Å². The van der Waals surface area contributed by atoms with Gasteiger partial charge in [0, 0.05) is 26.2 Å². The number of nitrogens with one attached hydrogen (secondary N) is 2. The number of rotatable bonds is 0. The van der Waals surface area contributed by atoms with E-state index in [4.69, 9.17) is 5.73 Å². The quantitative estimate of drug-likeness (QED) is 0.520. The molecule has 1 saturated heterocycles. The van der Waals surface area contributed by atoms with Crippen LogP contribution in [0.5, 0.6) is 0 Å². The van der Waals surface area contributed by atoms with Crippen LogP contribution < -0.4 is 16.4 Å². The Morgan fingerprint density at radius 2 is 1.50 bits per heavy atom. The van der Waals surface area contributed by atoms with Gasteiger partial charge in [-0.1, -0.05) is 0 Å². The highest BCUT2D eigenvalue weighted by Gasteiger charge is 2.12. The molecule has 0 unspecified atom stereocenters. The Kier molecular flexibility index (Phi) is 6.23. The van der Waals surface area contributed by atoms with E-state index in [-0.39, 0.29) is 0 Å². The van der Waals surface area contributed by atoms with Crippen LogP contribution in [0.4, 0.5) is 4.79 Å². The molecule has 1 aliphatic heterocycles. The van der Waals surface area contributed by atoms with Crippen molar-refractivity contribution in [3.63, 3.8) is 0 Å². The van der Waals surface area contributed by atoms with Crippen molar-refractivity contribution in [3.8, 4) is 0 Å². The van der Waals surface area contributed by atoms with E-state index in [9.17, 15) is 4.79 Å². The molecule has 1 fully saturated rings. The van der Waals surface area contributed by atoms with E-state index in [1.807, 2.05) is 0 Å². The third kappa shape index (κ3) is 11.2. The molecule has 0 spiro atoms. The van der Waals surface area contributed by atoms with Gasteiger partial charge < -0.3 is 21.1 Å². The van der Waals surface area contributed by atoms with Gasteiger partial charge in [0.25, 0.3) is 0 Å². The van der Waals surface area contributed by atoms with E-state index >= 15 is 0 Å². The van der Waals surface area contributed by atoms with Gasteiger partial charge >= 0.3 is 6.09 Å². The maximum Gasteiger partial charge on any atom is 0.405 e. The highest BCUT2D eigenvalue weighted by Crippen LogP contribution is 2.04. The minimum absolute atomic E-state index is 0.453. The first-order valence-electron chi connectivity index (χ1n) is 4.82. The third-order valence-electron chi connectivity index (χ3n) is 1.36. The predicted molar refractivity (Wildman–Crippen MR) is 56.2 cm³/mol. The average Bonchev–Trinajstić information content (AvgIpc) is 2.03. The minimum Gasteiger partial charge on any atom is -0.444 e. The Morgan fingerprint density at radius 1 is 1.14 bits per heavy atom. The molecule has 5 nitrogen and oxygen atoms in total. The van der Waals surface area contributed by atoms with Crippen LogP contribution in [0.2, 0.25) is 0 Å². The van der Waals surface area contributed by atoms with Crippen LogP contribution in [0.1, 0.15) is 20.8 Å². The summed E-state index contributed by atoms with van der Waals surface area (Å²) in [6, 6.07) is 0. The van der Waals surface area contributed by atoms with Crippen molar-refractivity contribution in [1.29, 1.82) is 0 Å². The number of ether oxygens (including phenoxy) is 1. The molecule has 1 heterocycles. The minimum atomic E-state index is -0.725. The first-order valence-corrected chi connectivity index (χ1v) is 4.82. The summed E-state index contributed by atoms with van der Waals surface area (Å²) in [5.74, 6) is 0. The Hall–Kier alpha value is -0.810. The lowest BCUT2D eigenvalue weighted by molar-refractivity contribution is 0.0600. The van der Waals surface area contributed by atoms with Crippen molar-refractivity contribution in [2.75, 3.05) is 26.2 Å². The lowest BCUT2D eigenvalue weighted by atomic mass is 10.2. The molecule has 1 rings (SSSR count). The van der Waals surface area contributed by atoms with Crippen molar-refractivity contribution in [3.05, 3.63) is 0 Å². The predicted octanol–water partition coefficient (Wildman–Crippen LogP) is 0.0594. The molecular weight excluding hydrogens is 182 g/mol. The van der Waals surface area contributed by atoms with E-state index < -0.39 is 11.7 Å². The maximum atomic E-state index is 10.0. The molecule has 0 saturated carbocycles. The van der Waals surface area contributed by atoms with E-state index in [0.29, 0.717) is 0 Å². The zero-order valence-corrected chi connectivity index (χ0v) is 9.22. The SMILES string of the molecule is C1CNCCN1.CC(C)(C)OC(N)=O. The fourth-order valence-corrected chi connectivity index (χ4v) is 0.905. The van der Waals surface area contributed by atoms with Gasteiger partial charge in [0.1, 0.15) is 5.60 Å². The van der Waals surface area contributed by atoms with Crippen LogP contribution in [0.3, 0.4) is 0 Å². The van der Waals surface area contributed by atoms with Gasteiger partial charge in [-0.2, -0.15) is 0 Å². The van der Waals surface area contributed by atoms with Gasteiger partial charge in [0.2, 0.25) is 0 Å². The van der Waals surface area contributed by atoms with Crippen molar-refractivity contribution in [2.45, 2.75) is 26.4 Å². The molecule has 1 aliphatic rings. The Bertz CT molecular complexity index is 150. The molecule has 1 amide bonds. The highest BCUT2D eigenvalue weighted by atomic mass is 16.6. The van der Waals surface area contributed by atoms with Crippen molar-refractivity contribution >= 4 is 6.09 Å². The highest BCUT2D eigenvalue weighted by molar-refractivity contribution is 5.65. The molecule has 14 heavy (non-hydrogen) atoms. The van der Waals surface area contributed by atoms with E-state index in [1.165, 1.54) is 0 Å². The van der Waals surface area contributed by atoms with E-state index in [0.717, 1.165) is 26.2 Å². The van der Waals surface area contributed by atoms with Gasteiger partial charge in [0.15, 0.2) is 0 Å². The molecular formula is C9H21N3O2. The number of primary amides is 1. The monoisotopic (exact) mass is 203 g/mol. The summed E-state index contributed by atoms with van der Waals surface area (Å²) in [5, 5.41) is 6.44. The van der Waals surface area contributed by atoms with Gasteiger partial charge in [-0.25, -0.2) is 4.79 Å². The molecule has 4 N–H and O–H groups in total. The molecule has 0 aliphatic carbocycles. The second-order valence-corrected chi connectivity index (χ2v) is 4.03. The largest absolute Gasteiger partial charge is 0.444 e. The molecule has 0 aromatic rings. The fourth-order valence-electron chi connectivity index (χ4n) is 0.905. The first-order chi connectivity index (χ1) is 6.42. The molecule has 0 bridgehead atoms. The zero-order valence-electron chi connectivity index (χ0n) is 9.22. The topological polar surface area (TPSA) is 76.4 Å². The second kappa shape index (κ2) is 6.62. The number of hydrogen-bond donors (Lipinski definition) is 3. The summed E-state index contributed by atoms with van der Waals surface area (Å²) >= 11 is 0. The fraction of sp³-hybridized carbons (Fsp3) is 0.889. The molecule has 5 heteroatoms. The Labute approximate surface area is 85.4 Å². The third-order valence-corrected chi connectivity index (χ3v) is 1.36. The molecule has 84 valence electrons. The zero-order chi connectivity index (χ0) is 11.0. The number of carbonyl (C=O) groups is 1. The van der Waals surface area contributed by atoms with E-state index in [2.05, 4.69) is 15.4 Å². The lowest BCUT2D eigenvalue weighted by Gasteiger charge is -2.16. The number of amides is 1. The van der Waals surface area contributed by atoms with Crippen LogP contribution in [0.25, 0.3) is 0 Å². The van der Waals surface area contributed by atoms with Crippen LogP contribution >= 0.6 is 0 Å². The van der Waals surface area contributed by atoms with Crippen molar-refractivity contribution < 1.29 is 9.53 Å². The van der Waals surface area contributed by atoms with Crippen LogP contribution in [0, 0.1) is 0 Å². The number of piperazine rings is 1. The van der Waals surface area contributed by atoms with Crippen LogP contribution in [0.15, 0.2) is 0 Å². The summed E-state index contributed by atoms with van der Waals surface area (Å²) in [6.45, 7) is 9.84. The second-order valence-electron chi connectivity index (χ2n) is 4.03. The summed E-state index contributed by atoms with van der Waals surface area (Å²) in [7, 11) is 0. The smallest absolute Gasteiger partial charge is 0.405 e. The summed E-state index contributed by atoms with van der Waals surface area (Å²) in [4.78, 5) is 10.0. The standard InChI is InChI=1S/C5H11NO2.C4H10N2/c1-5(2,3)8-4(6)7;1-2-6-4-3-5-1/h1-3H3,(H2,6,7);5-6H,1-4H2. The molecule has 0 atom stereocenters. The van der Waals surface area contributed by atoms with Gasteiger partial charge in [0.05, 0.1) is 0 Å². The summed E-state index contributed by atoms with van der Waals surface area (Å²) < 4.78 is 4.58. The molecule has 0 aromatic heterocycles. The number of hydrogen-bond acceptors (Lipinski definition) is 4. The normalized spacial score (nSPS) is 16.5. The average molecular weight is 203 g/mol. The van der Waals surface area contributed by atoms with Crippen LogP contribution in [-0.2, 0) is 4.74 Å².